The number of aromatic hydroxyl groups is 1. The fourth-order valence-electron chi connectivity index (χ4n) is 8.80. The summed E-state index contributed by atoms with van der Waals surface area (Å²) in [5.41, 5.74) is 0.738. The SMILES string of the molecule is CO[C@H]1/C=C/O[C@@]2(C)Oc3c(C)c4c5c(c3C2=O)CC(Oc2cc(O)cc(OCCN(C)c3ccccn3)c2)=C(NC(=O)/C(C)=C\C=C\C(C)C[C@@H](C)CC(O4)C(OC(C)=O)[C@@H]1C)C5=O. The van der Waals surface area contributed by atoms with Crippen LogP contribution >= 0.6 is 0 Å². The van der Waals surface area contributed by atoms with Gasteiger partial charge in [0.2, 0.25) is 5.78 Å². The number of phenolic OH excluding ortho intramolecular Hbond substituents is 1. The van der Waals surface area contributed by atoms with Gasteiger partial charge in [0.1, 0.15) is 64.8 Å². The molecule has 0 saturated carbocycles. The molecule has 1 aliphatic carbocycles. The van der Waals surface area contributed by atoms with Gasteiger partial charge in [0.15, 0.2) is 0 Å². The number of Topliss-reactive ketones (excluding diaryl/α,β-unsaturated/α-hetero) is 2. The molecule has 7 atom stereocenters. The lowest BCUT2D eigenvalue weighted by Gasteiger charge is -2.37. The summed E-state index contributed by atoms with van der Waals surface area (Å²) in [6.45, 7) is 12.8. The fraction of sp³-hybridized carbons (Fsp3) is 0.420. The molecule has 2 N–H and O–H groups in total. The molecule has 4 heterocycles. The number of nitrogens with one attached hydrogen (secondary N) is 1. The van der Waals surface area contributed by atoms with Gasteiger partial charge in [-0.2, -0.15) is 0 Å². The molecule has 0 radical (unpaired) electrons. The molecule has 0 fully saturated rings. The van der Waals surface area contributed by atoms with Crippen molar-refractivity contribution in [2.45, 2.75) is 91.8 Å². The number of allylic oxidation sites excluding steroid dienone is 5. The number of nitrogens with zero attached hydrogens (tertiary/aromatic N) is 2. The highest BCUT2D eigenvalue weighted by molar-refractivity contribution is 6.19. The number of ether oxygens (including phenoxy) is 7. The van der Waals surface area contributed by atoms with Gasteiger partial charge in [0.25, 0.3) is 11.7 Å². The lowest BCUT2D eigenvalue weighted by molar-refractivity contribution is -0.159. The Kier molecular flexibility index (Phi) is 13.7. The molecule has 15 heteroatoms. The van der Waals surface area contributed by atoms with Gasteiger partial charge in [0.05, 0.1) is 30.0 Å². The van der Waals surface area contributed by atoms with Gasteiger partial charge >= 0.3 is 11.8 Å². The van der Waals surface area contributed by atoms with Crippen molar-refractivity contribution in [3.63, 3.8) is 0 Å². The number of phenols is 1. The van der Waals surface area contributed by atoms with E-state index in [4.69, 9.17) is 33.2 Å². The number of esters is 1. The number of carbonyl (C=O) groups excluding carboxylic acids is 4. The molecule has 15 nitrogen and oxygen atoms in total. The number of fused-ring (bicyclic) bond motifs is 4. The van der Waals surface area contributed by atoms with Crippen molar-refractivity contribution in [2.75, 3.05) is 32.2 Å². The maximum absolute atomic E-state index is 15.4. The van der Waals surface area contributed by atoms with Crippen LogP contribution in [0.1, 0.15) is 86.2 Å². The number of likely N-dealkylation sites (N-methyl/N-ethyl adjacent to an activating group) is 1. The van der Waals surface area contributed by atoms with Crippen molar-refractivity contribution in [1.29, 1.82) is 0 Å². The lowest BCUT2D eigenvalue weighted by atomic mass is 9.83. The molecule has 4 aliphatic rings. The van der Waals surface area contributed by atoms with Crippen LogP contribution in [0.15, 0.2) is 90.2 Å². The Bertz CT molecular complexity index is 2480. The van der Waals surface area contributed by atoms with Crippen molar-refractivity contribution in [1.82, 2.24) is 10.3 Å². The Morgan fingerprint density at radius 3 is 2.52 bits per heavy atom. The van der Waals surface area contributed by atoms with Crippen LogP contribution in [0.4, 0.5) is 5.82 Å². The van der Waals surface area contributed by atoms with E-state index in [9.17, 15) is 19.5 Å². The van der Waals surface area contributed by atoms with Crippen molar-refractivity contribution >= 4 is 29.3 Å². The van der Waals surface area contributed by atoms with Crippen LogP contribution in [0.5, 0.6) is 28.7 Å². The van der Waals surface area contributed by atoms with E-state index in [1.807, 2.05) is 49.2 Å². The Balaban J connectivity index is 1.38. The van der Waals surface area contributed by atoms with E-state index >= 15 is 4.79 Å². The molecule has 3 aromatic rings. The maximum Gasteiger partial charge on any atom is 0.312 e. The van der Waals surface area contributed by atoms with Crippen LogP contribution in [0.25, 0.3) is 0 Å². The second kappa shape index (κ2) is 19.2. The minimum absolute atomic E-state index is 0.00229. The number of anilines is 1. The normalized spacial score (nSPS) is 27.2. The lowest BCUT2D eigenvalue weighted by Crippen LogP contribution is -2.45. The van der Waals surface area contributed by atoms with E-state index < -0.39 is 53.5 Å². The predicted octanol–water partition coefficient (Wildman–Crippen LogP) is 7.49. The van der Waals surface area contributed by atoms with E-state index in [1.54, 1.807) is 38.3 Å². The van der Waals surface area contributed by atoms with E-state index in [0.29, 0.717) is 30.5 Å². The quantitative estimate of drug-likeness (QED) is 0.202. The zero-order valence-electron chi connectivity index (χ0n) is 38.3. The number of aromatic nitrogens is 1. The summed E-state index contributed by atoms with van der Waals surface area (Å²) >= 11 is 0. The van der Waals surface area contributed by atoms with Crippen LogP contribution in [0.3, 0.4) is 0 Å². The second-order valence-corrected chi connectivity index (χ2v) is 17.4. The standard InChI is InChI=1S/C50H57N3O12/c1-27-13-12-14-29(3)49(58)52-43-38(63-35-24-33(55)23-34(25-35)60-20-18-53(8)40-15-10-11-17-51-40)26-36-41(44(43)56)46-31(5)47-42(36)48(57)50(7,65-47)61-19-16-37(59-9)30(4)45(62-32(6)54)39(64-46)22-28(2)21-27/h10-17,19,23-25,27-28,30,37,39,45,55H,18,20-22,26H2,1-9H3,(H,52,58)/b13-12+,19-16+,29-14-/t27?,28-,30-,37+,39?,45?,50+/m1/s1. The van der Waals surface area contributed by atoms with E-state index in [2.05, 4.69) is 24.1 Å². The topological polar surface area (TPSA) is 181 Å². The number of carbonyl (C=O) groups is 4. The minimum atomic E-state index is -1.88. The first-order valence-electron chi connectivity index (χ1n) is 21.8. The van der Waals surface area contributed by atoms with Crippen LogP contribution in [0, 0.1) is 24.7 Å². The second-order valence-electron chi connectivity index (χ2n) is 17.4. The minimum Gasteiger partial charge on any atom is -0.508 e. The molecule has 6 bridgehead atoms. The number of pyridine rings is 1. The Hall–Kier alpha value is -6.61. The predicted molar refractivity (Wildman–Crippen MR) is 240 cm³/mol. The van der Waals surface area contributed by atoms with E-state index in [1.165, 1.54) is 39.4 Å². The molecule has 2 aromatic carbocycles. The Labute approximate surface area is 379 Å². The fourth-order valence-corrected chi connectivity index (χ4v) is 8.80. The number of ketones is 2. The van der Waals surface area contributed by atoms with E-state index in [0.717, 1.165) is 5.82 Å². The third-order valence-corrected chi connectivity index (χ3v) is 12.2. The van der Waals surface area contributed by atoms with Crippen molar-refractivity contribution in [2.24, 2.45) is 17.8 Å². The zero-order chi connectivity index (χ0) is 46.7. The maximum atomic E-state index is 15.4. The van der Waals surface area contributed by atoms with Crippen LogP contribution in [-0.4, -0.2) is 84.9 Å². The van der Waals surface area contributed by atoms with E-state index in [-0.39, 0.29) is 81.8 Å². The highest BCUT2D eigenvalue weighted by atomic mass is 16.7. The van der Waals surface area contributed by atoms with Crippen LogP contribution in [0.2, 0.25) is 0 Å². The number of benzene rings is 2. The molecule has 1 amide bonds. The average molecular weight is 892 g/mol. The highest BCUT2D eigenvalue weighted by Gasteiger charge is 2.52. The molecule has 344 valence electrons. The average Bonchev–Trinajstić information content (AvgIpc) is 3.52. The number of amides is 1. The molecule has 0 saturated heterocycles. The van der Waals surface area contributed by atoms with Gasteiger partial charge < -0.3 is 48.5 Å². The summed E-state index contributed by atoms with van der Waals surface area (Å²) in [6, 6.07) is 9.93. The molecule has 3 aliphatic heterocycles. The Morgan fingerprint density at radius 1 is 1.03 bits per heavy atom. The van der Waals surface area contributed by atoms with Crippen LogP contribution in [-0.2, 0) is 30.2 Å². The number of hydrogen-bond acceptors (Lipinski definition) is 14. The number of rotatable bonds is 9. The van der Waals surface area contributed by atoms with Crippen molar-refractivity contribution < 1.29 is 57.4 Å². The molecule has 3 unspecified atom stereocenters. The summed E-state index contributed by atoms with van der Waals surface area (Å²) < 4.78 is 44.1. The first-order chi connectivity index (χ1) is 31.0. The summed E-state index contributed by atoms with van der Waals surface area (Å²) in [5, 5.41) is 13.7. The molecular formula is C50H57N3O12. The van der Waals surface area contributed by atoms with Gasteiger partial charge in [-0.15, -0.1) is 0 Å². The monoisotopic (exact) mass is 891 g/mol. The largest absolute Gasteiger partial charge is 0.508 e. The first kappa shape index (κ1) is 46.4. The third-order valence-electron chi connectivity index (χ3n) is 12.2. The molecular weight excluding hydrogens is 835 g/mol. The molecule has 65 heavy (non-hydrogen) atoms. The Morgan fingerprint density at radius 2 is 1.80 bits per heavy atom. The highest BCUT2D eigenvalue weighted by Crippen LogP contribution is 2.50. The summed E-state index contributed by atoms with van der Waals surface area (Å²) in [7, 11) is 3.40. The summed E-state index contributed by atoms with van der Waals surface area (Å²) in [6.07, 6.45) is 8.62. The van der Waals surface area contributed by atoms with Gasteiger partial charge in [-0.25, -0.2) is 4.98 Å². The van der Waals surface area contributed by atoms with Gasteiger partial charge in [0, 0.05) is 75.9 Å². The van der Waals surface area contributed by atoms with Crippen LogP contribution < -0.4 is 29.2 Å². The summed E-state index contributed by atoms with van der Waals surface area (Å²) in [5.74, 6) is -3.57. The molecule has 1 aromatic heterocycles. The van der Waals surface area contributed by atoms with Gasteiger partial charge in [-0.1, -0.05) is 45.1 Å². The van der Waals surface area contributed by atoms with Crippen molar-refractivity contribution in [3.8, 4) is 28.7 Å². The van der Waals surface area contributed by atoms with Crippen molar-refractivity contribution in [3.05, 3.63) is 112 Å². The number of methoxy groups -OCH3 is 1. The zero-order valence-corrected chi connectivity index (χ0v) is 38.3. The summed E-state index contributed by atoms with van der Waals surface area (Å²) in [4.78, 5) is 63.3. The molecule has 0 spiro atoms. The first-order valence-corrected chi connectivity index (χ1v) is 21.8. The number of hydrogen-bond donors (Lipinski definition) is 2. The smallest absolute Gasteiger partial charge is 0.312 e. The van der Waals surface area contributed by atoms with Gasteiger partial charge in [-0.3, -0.25) is 19.2 Å². The van der Waals surface area contributed by atoms with Gasteiger partial charge in [-0.05, 0) is 62.3 Å². The molecule has 7 rings (SSSR count). The third kappa shape index (κ3) is 9.90.